The molecule has 0 spiro atoms. The van der Waals surface area contributed by atoms with Crippen molar-refractivity contribution in [1.29, 1.82) is 0 Å². The van der Waals surface area contributed by atoms with E-state index in [1.54, 1.807) is 23.6 Å². The predicted molar refractivity (Wildman–Crippen MR) is 91.0 cm³/mol. The molecule has 0 saturated carbocycles. The van der Waals surface area contributed by atoms with E-state index in [1.807, 2.05) is 31.2 Å². The van der Waals surface area contributed by atoms with E-state index in [9.17, 15) is 14.4 Å². The lowest BCUT2D eigenvalue weighted by molar-refractivity contribution is -0.150. The molecule has 3 amide bonds. The lowest BCUT2D eigenvalue weighted by atomic mass is 9.89. The molecule has 2 rings (SSSR count). The first kappa shape index (κ1) is 18.0. The third kappa shape index (κ3) is 3.93. The van der Waals surface area contributed by atoms with E-state index in [0.717, 1.165) is 17.5 Å². The zero-order valence-corrected chi connectivity index (χ0v) is 14.5. The van der Waals surface area contributed by atoms with Crippen LogP contribution in [0, 0.1) is 12.3 Å². The Kier molecular flexibility index (Phi) is 5.59. The van der Waals surface area contributed by atoms with Crippen molar-refractivity contribution in [2.75, 3.05) is 26.2 Å². The Morgan fingerprint density at radius 3 is 2.38 bits per heavy atom. The molecule has 0 aliphatic carbocycles. The molecule has 1 saturated heterocycles. The first-order chi connectivity index (χ1) is 11.4. The number of nitrogens with one attached hydrogen (secondary N) is 1. The van der Waals surface area contributed by atoms with Crippen molar-refractivity contribution in [3.8, 4) is 0 Å². The number of aryl methyl sites for hydroxylation is 1. The van der Waals surface area contributed by atoms with Crippen LogP contribution in [0.5, 0.6) is 0 Å². The first-order valence-electron chi connectivity index (χ1n) is 8.18. The van der Waals surface area contributed by atoms with Gasteiger partial charge in [-0.3, -0.25) is 14.4 Å². The van der Waals surface area contributed by atoms with Gasteiger partial charge in [-0.05, 0) is 31.9 Å². The van der Waals surface area contributed by atoms with Gasteiger partial charge in [-0.2, -0.15) is 0 Å². The maximum atomic E-state index is 12.7. The summed E-state index contributed by atoms with van der Waals surface area (Å²) in [6, 6.07) is 7.83. The molecule has 24 heavy (non-hydrogen) atoms. The van der Waals surface area contributed by atoms with E-state index >= 15 is 0 Å². The fourth-order valence-corrected chi connectivity index (χ4v) is 2.73. The van der Waals surface area contributed by atoms with Crippen LogP contribution >= 0.6 is 0 Å². The summed E-state index contributed by atoms with van der Waals surface area (Å²) < 4.78 is 0. The number of carbonyl (C=O) groups is 3. The topological polar surface area (TPSA) is 69.7 Å². The molecule has 1 fully saturated rings. The third-order valence-electron chi connectivity index (χ3n) is 4.55. The summed E-state index contributed by atoms with van der Waals surface area (Å²) in [5, 5.41) is 2.87. The molecule has 0 aromatic heterocycles. The van der Waals surface area contributed by atoms with Crippen molar-refractivity contribution in [2.24, 2.45) is 5.41 Å². The molecule has 6 nitrogen and oxygen atoms in total. The second kappa shape index (κ2) is 7.47. The highest BCUT2D eigenvalue weighted by molar-refractivity contribution is 6.04. The summed E-state index contributed by atoms with van der Waals surface area (Å²) in [6.45, 7) is 7.64. The number of benzene rings is 1. The maximum Gasteiger partial charge on any atom is 0.237 e. The second-order valence-electron chi connectivity index (χ2n) is 6.67. The van der Waals surface area contributed by atoms with Crippen molar-refractivity contribution in [2.45, 2.75) is 27.3 Å². The van der Waals surface area contributed by atoms with E-state index in [-0.39, 0.29) is 11.8 Å². The highest BCUT2D eigenvalue weighted by Crippen LogP contribution is 2.21. The number of nitrogens with zero attached hydrogens (tertiary/aromatic N) is 2. The zero-order chi connectivity index (χ0) is 17.7. The van der Waals surface area contributed by atoms with Gasteiger partial charge in [0.1, 0.15) is 5.41 Å². The average molecular weight is 331 g/mol. The Bertz CT molecular complexity index is 620. The molecule has 0 unspecified atom stereocenters. The summed E-state index contributed by atoms with van der Waals surface area (Å²) >= 11 is 0. The van der Waals surface area contributed by atoms with Crippen LogP contribution in [0.15, 0.2) is 24.3 Å². The molecule has 1 heterocycles. The molecule has 1 N–H and O–H groups in total. The molecule has 6 heteroatoms. The van der Waals surface area contributed by atoms with E-state index in [2.05, 4.69) is 5.32 Å². The van der Waals surface area contributed by atoms with Crippen molar-refractivity contribution in [1.82, 2.24) is 15.1 Å². The molecule has 0 bridgehead atoms. The number of rotatable bonds is 5. The van der Waals surface area contributed by atoms with Crippen molar-refractivity contribution >= 4 is 18.2 Å². The second-order valence-corrected chi connectivity index (χ2v) is 6.67. The third-order valence-corrected chi connectivity index (χ3v) is 4.55. The SMILES string of the molecule is Cc1ccccc1CNC(=O)C(C)(C)C(=O)N1CCN(C=O)CC1. The fourth-order valence-electron chi connectivity index (χ4n) is 2.73. The summed E-state index contributed by atoms with van der Waals surface area (Å²) in [5.41, 5.74) is 1.01. The standard InChI is InChI=1S/C18H25N3O3/c1-14-6-4-5-7-15(14)12-19-16(23)18(2,3)17(24)21-10-8-20(13-22)9-11-21/h4-7,13H,8-12H2,1-3H3,(H,19,23). The molecule has 1 aliphatic heterocycles. The van der Waals surface area contributed by atoms with Gasteiger partial charge in [0.25, 0.3) is 0 Å². The van der Waals surface area contributed by atoms with Crippen LogP contribution in [-0.2, 0) is 20.9 Å². The highest BCUT2D eigenvalue weighted by atomic mass is 16.2. The minimum Gasteiger partial charge on any atom is -0.351 e. The smallest absolute Gasteiger partial charge is 0.237 e. The minimum atomic E-state index is -1.13. The Morgan fingerprint density at radius 2 is 1.79 bits per heavy atom. The van der Waals surface area contributed by atoms with Crippen LogP contribution in [0.3, 0.4) is 0 Å². The molecule has 0 radical (unpaired) electrons. The molecular weight excluding hydrogens is 306 g/mol. The number of hydrogen-bond donors (Lipinski definition) is 1. The molecule has 1 aromatic carbocycles. The van der Waals surface area contributed by atoms with E-state index in [4.69, 9.17) is 0 Å². The zero-order valence-electron chi connectivity index (χ0n) is 14.5. The molecule has 1 aromatic rings. The summed E-state index contributed by atoms with van der Waals surface area (Å²) in [7, 11) is 0. The van der Waals surface area contributed by atoms with Gasteiger partial charge in [0.15, 0.2) is 0 Å². The predicted octanol–water partition coefficient (Wildman–Crippen LogP) is 0.938. The lowest BCUT2D eigenvalue weighted by Gasteiger charge is -2.36. The van der Waals surface area contributed by atoms with Gasteiger partial charge < -0.3 is 15.1 Å². The van der Waals surface area contributed by atoms with Gasteiger partial charge in [0.2, 0.25) is 18.2 Å². The van der Waals surface area contributed by atoms with Crippen molar-refractivity contribution < 1.29 is 14.4 Å². The average Bonchev–Trinajstić information content (AvgIpc) is 2.60. The quantitative estimate of drug-likeness (QED) is 0.645. The minimum absolute atomic E-state index is 0.199. The van der Waals surface area contributed by atoms with E-state index in [1.165, 1.54) is 0 Å². The van der Waals surface area contributed by atoms with Crippen LogP contribution < -0.4 is 5.32 Å². The van der Waals surface area contributed by atoms with Gasteiger partial charge in [0.05, 0.1) is 0 Å². The Balaban J connectivity index is 1.95. The Labute approximate surface area is 142 Å². The van der Waals surface area contributed by atoms with Gasteiger partial charge in [-0.15, -0.1) is 0 Å². The molecule has 1 aliphatic rings. The van der Waals surface area contributed by atoms with Crippen LogP contribution in [0.4, 0.5) is 0 Å². The van der Waals surface area contributed by atoms with Crippen molar-refractivity contribution in [3.63, 3.8) is 0 Å². The van der Waals surface area contributed by atoms with E-state index < -0.39 is 5.41 Å². The molecule has 130 valence electrons. The number of piperazine rings is 1. The molecule has 0 atom stereocenters. The summed E-state index contributed by atoms with van der Waals surface area (Å²) in [5.74, 6) is -0.482. The monoisotopic (exact) mass is 331 g/mol. The van der Waals surface area contributed by atoms with Crippen LogP contribution in [0.2, 0.25) is 0 Å². The first-order valence-corrected chi connectivity index (χ1v) is 8.18. The Hall–Kier alpha value is -2.37. The normalized spacial score (nSPS) is 15.1. The van der Waals surface area contributed by atoms with E-state index in [0.29, 0.717) is 32.7 Å². The number of amides is 3. The van der Waals surface area contributed by atoms with Crippen molar-refractivity contribution in [3.05, 3.63) is 35.4 Å². The largest absolute Gasteiger partial charge is 0.351 e. The van der Waals surface area contributed by atoms with Gasteiger partial charge in [0, 0.05) is 32.7 Å². The Morgan fingerprint density at radius 1 is 1.17 bits per heavy atom. The van der Waals surface area contributed by atoms with Gasteiger partial charge in [-0.1, -0.05) is 24.3 Å². The number of carbonyl (C=O) groups excluding carboxylic acids is 3. The molecular formula is C18H25N3O3. The number of hydrogen-bond acceptors (Lipinski definition) is 3. The summed E-state index contributed by atoms with van der Waals surface area (Å²) in [6.07, 6.45) is 0.794. The van der Waals surface area contributed by atoms with Gasteiger partial charge in [-0.25, -0.2) is 0 Å². The van der Waals surface area contributed by atoms with Crippen LogP contribution in [-0.4, -0.2) is 54.2 Å². The lowest BCUT2D eigenvalue weighted by Crippen LogP contribution is -2.55. The van der Waals surface area contributed by atoms with Gasteiger partial charge >= 0.3 is 0 Å². The van der Waals surface area contributed by atoms with Crippen LogP contribution in [0.25, 0.3) is 0 Å². The fraction of sp³-hybridized carbons (Fsp3) is 0.500. The highest BCUT2D eigenvalue weighted by Gasteiger charge is 2.39. The maximum absolute atomic E-state index is 12.7. The van der Waals surface area contributed by atoms with Crippen LogP contribution in [0.1, 0.15) is 25.0 Å². The summed E-state index contributed by atoms with van der Waals surface area (Å²) in [4.78, 5) is 39.3.